The minimum absolute atomic E-state index is 0.285. The van der Waals surface area contributed by atoms with E-state index in [-0.39, 0.29) is 6.04 Å². The average molecular weight is 300 g/mol. The fourth-order valence-corrected chi connectivity index (χ4v) is 2.18. The van der Waals surface area contributed by atoms with E-state index in [0.717, 1.165) is 30.7 Å². The summed E-state index contributed by atoms with van der Waals surface area (Å²) < 4.78 is 6.69. The van der Waals surface area contributed by atoms with Gasteiger partial charge in [0, 0.05) is 11.1 Å². The third kappa shape index (κ3) is 4.78. The number of benzene rings is 1. The summed E-state index contributed by atoms with van der Waals surface area (Å²) in [6.07, 6.45) is 1.13. The number of ether oxygens (including phenoxy) is 1. The lowest BCUT2D eigenvalue weighted by Crippen LogP contribution is -2.27. The first kappa shape index (κ1) is 14.7. The van der Waals surface area contributed by atoms with Gasteiger partial charge in [0.1, 0.15) is 0 Å². The molecule has 0 aromatic heterocycles. The maximum atomic E-state index is 5.56. The third-order valence-corrected chi connectivity index (χ3v) is 3.24. The van der Waals surface area contributed by atoms with Crippen LogP contribution in [0.5, 0.6) is 0 Å². The number of halogens is 1. The second-order valence-corrected chi connectivity index (χ2v) is 5.08. The van der Waals surface area contributed by atoms with Crippen molar-refractivity contribution in [2.24, 2.45) is 0 Å². The fraction of sp³-hybridized carbons (Fsp3) is 0.571. The molecule has 1 atom stereocenters. The minimum Gasteiger partial charge on any atom is -0.380 e. The lowest BCUT2D eigenvalue weighted by molar-refractivity contribution is 0.123. The summed E-state index contributed by atoms with van der Waals surface area (Å²) in [5.74, 6) is 0. The molecule has 1 unspecified atom stereocenters. The smallest absolute Gasteiger partial charge is 0.0661 e. The van der Waals surface area contributed by atoms with Crippen LogP contribution < -0.4 is 5.32 Å². The molecule has 1 aromatic carbocycles. The Morgan fingerprint density at radius 3 is 2.76 bits per heavy atom. The van der Waals surface area contributed by atoms with Crippen LogP contribution in [0.15, 0.2) is 22.7 Å². The monoisotopic (exact) mass is 299 g/mol. The van der Waals surface area contributed by atoms with Gasteiger partial charge in [0.25, 0.3) is 0 Å². The van der Waals surface area contributed by atoms with Crippen molar-refractivity contribution in [1.82, 2.24) is 5.32 Å². The molecule has 3 heteroatoms. The summed E-state index contributed by atoms with van der Waals surface area (Å²) in [6.45, 7) is 8.87. The topological polar surface area (TPSA) is 21.3 Å². The molecule has 0 aliphatic heterocycles. The van der Waals surface area contributed by atoms with Crippen molar-refractivity contribution in [3.63, 3.8) is 0 Å². The van der Waals surface area contributed by atoms with E-state index in [9.17, 15) is 0 Å². The quantitative estimate of drug-likeness (QED) is 0.826. The Morgan fingerprint density at radius 2 is 2.12 bits per heavy atom. The third-order valence-electron chi connectivity index (χ3n) is 2.75. The Hall–Kier alpha value is -0.380. The van der Waals surface area contributed by atoms with Gasteiger partial charge in [0.2, 0.25) is 0 Å². The van der Waals surface area contributed by atoms with E-state index in [1.54, 1.807) is 0 Å². The van der Waals surface area contributed by atoms with E-state index in [1.807, 2.05) is 6.92 Å². The molecule has 0 spiro atoms. The molecule has 1 N–H and O–H groups in total. The van der Waals surface area contributed by atoms with Crippen molar-refractivity contribution >= 4 is 15.9 Å². The van der Waals surface area contributed by atoms with Crippen LogP contribution in [0, 0.1) is 6.92 Å². The van der Waals surface area contributed by atoms with Crippen molar-refractivity contribution < 1.29 is 4.74 Å². The lowest BCUT2D eigenvalue weighted by Gasteiger charge is -2.21. The Labute approximate surface area is 113 Å². The van der Waals surface area contributed by atoms with Crippen molar-refractivity contribution in [2.75, 3.05) is 19.8 Å². The van der Waals surface area contributed by atoms with Crippen LogP contribution in [-0.2, 0) is 4.74 Å². The normalized spacial score (nSPS) is 12.7. The van der Waals surface area contributed by atoms with Gasteiger partial charge in [-0.3, -0.25) is 0 Å². The number of hydrogen-bond acceptors (Lipinski definition) is 2. The van der Waals surface area contributed by atoms with E-state index >= 15 is 0 Å². The number of aryl methyl sites for hydroxylation is 1. The number of nitrogens with one attached hydrogen (secondary N) is 1. The molecule has 0 bridgehead atoms. The molecule has 96 valence electrons. The summed E-state index contributed by atoms with van der Waals surface area (Å²) >= 11 is 3.53. The SMILES string of the molecule is CCCNC(COCC)c1cc(Br)ccc1C. The molecule has 2 nitrogen and oxygen atoms in total. The van der Waals surface area contributed by atoms with Crippen LogP contribution in [-0.4, -0.2) is 19.8 Å². The predicted octanol–water partition coefficient (Wildman–Crippen LogP) is 3.83. The molecule has 0 aliphatic carbocycles. The van der Waals surface area contributed by atoms with Gasteiger partial charge in [-0.05, 0) is 50.1 Å². The second kappa shape index (κ2) is 7.85. The molecular formula is C14H22BrNO. The van der Waals surface area contributed by atoms with Crippen LogP contribution in [0.2, 0.25) is 0 Å². The van der Waals surface area contributed by atoms with E-state index in [0.29, 0.717) is 0 Å². The van der Waals surface area contributed by atoms with E-state index in [1.165, 1.54) is 11.1 Å². The van der Waals surface area contributed by atoms with E-state index < -0.39 is 0 Å². The van der Waals surface area contributed by atoms with Crippen molar-refractivity contribution in [2.45, 2.75) is 33.2 Å². The molecule has 0 heterocycles. The standard InChI is InChI=1S/C14H22BrNO/c1-4-8-16-14(10-17-5-2)13-9-12(15)7-6-11(13)3/h6-7,9,14,16H,4-5,8,10H2,1-3H3. The molecule has 0 saturated carbocycles. The van der Waals surface area contributed by atoms with Gasteiger partial charge in [-0.1, -0.05) is 28.9 Å². The van der Waals surface area contributed by atoms with Crippen LogP contribution in [0.1, 0.15) is 37.4 Å². The molecule has 1 rings (SSSR count). The molecule has 1 aromatic rings. The van der Waals surface area contributed by atoms with Crippen molar-refractivity contribution in [3.05, 3.63) is 33.8 Å². The van der Waals surface area contributed by atoms with Gasteiger partial charge >= 0.3 is 0 Å². The van der Waals surface area contributed by atoms with Gasteiger partial charge in [0.15, 0.2) is 0 Å². The Kier molecular flexibility index (Phi) is 6.78. The first-order valence-corrected chi connectivity index (χ1v) is 7.05. The Balaban J connectivity index is 2.82. The van der Waals surface area contributed by atoms with E-state index in [4.69, 9.17) is 4.74 Å². The van der Waals surface area contributed by atoms with Gasteiger partial charge in [-0.2, -0.15) is 0 Å². The highest BCUT2D eigenvalue weighted by atomic mass is 79.9. The molecular weight excluding hydrogens is 278 g/mol. The summed E-state index contributed by atoms with van der Waals surface area (Å²) in [4.78, 5) is 0. The highest BCUT2D eigenvalue weighted by Gasteiger charge is 2.13. The summed E-state index contributed by atoms with van der Waals surface area (Å²) in [5, 5.41) is 3.54. The molecule has 0 saturated heterocycles. The molecule has 0 amide bonds. The lowest BCUT2D eigenvalue weighted by atomic mass is 10.0. The van der Waals surface area contributed by atoms with Gasteiger partial charge in [0.05, 0.1) is 12.6 Å². The summed E-state index contributed by atoms with van der Waals surface area (Å²) in [7, 11) is 0. The Morgan fingerprint density at radius 1 is 1.35 bits per heavy atom. The zero-order valence-electron chi connectivity index (χ0n) is 10.9. The van der Waals surface area contributed by atoms with Crippen LogP contribution in [0.25, 0.3) is 0 Å². The average Bonchev–Trinajstić information content (AvgIpc) is 2.33. The first-order chi connectivity index (χ1) is 8.19. The highest BCUT2D eigenvalue weighted by molar-refractivity contribution is 9.10. The first-order valence-electron chi connectivity index (χ1n) is 6.26. The van der Waals surface area contributed by atoms with Gasteiger partial charge < -0.3 is 10.1 Å². The number of hydrogen-bond donors (Lipinski definition) is 1. The fourth-order valence-electron chi connectivity index (χ4n) is 1.80. The highest BCUT2D eigenvalue weighted by Crippen LogP contribution is 2.22. The van der Waals surface area contributed by atoms with Crippen LogP contribution >= 0.6 is 15.9 Å². The molecule has 0 fully saturated rings. The minimum atomic E-state index is 0.285. The largest absolute Gasteiger partial charge is 0.380 e. The van der Waals surface area contributed by atoms with Crippen molar-refractivity contribution in [1.29, 1.82) is 0 Å². The van der Waals surface area contributed by atoms with E-state index in [2.05, 4.69) is 53.3 Å². The molecule has 17 heavy (non-hydrogen) atoms. The zero-order valence-corrected chi connectivity index (χ0v) is 12.5. The van der Waals surface area contributed by atoms with Gasteiger partial charge in [-0.15, -0.1) is 0 Å². The predicted molar refractivity (Wildman–Crippen MR) is 76.4 cm³/mol. The summed E-state index contributed by atoms with van der Waals surface area (Å²) in [6, 6.07) is 6.69. The maximum Gasteiger partial charge on any atom is 0.0661 e. The Bertz CT molecular complexity index is 333. The van der Waals surface area contributed by atoms with Gasteiger partial charge in [-0.25, -0.2) is 0 Å². The van der Waals surface area contributed by atoms with Crippen LogP contribution in [0.4, 0.5) is 0 Å². The van der Waals surface area contributed by atoms with Crippen LogP contribution in [0.3, 0.4) is 0 Å². The molecule has 0 radical (unpaired) electrons. The number of rotatable bonds is 7. The summed E-state index contributed by atoms with van der Waals surface area (Å²) in [5.41, 5.74) is 2.63. The van der Waals surface area contributed by atoms with Crippen molar-refractivity contribution in [3.8, 4) is 0 Å². The molecule has 0 aliphatic rings. The maximum absolute atomic E-state index is 5.56. The second-order valence-electron chi connectivity index (χ2n) is 4.17. The zero-order chi connectivity index (χ0) is 12.7.